The second-order valence-electron chi connectivity index (χ2n) is 5.38. The maximum absolute atomic E-state index is 11.8. The number of nitrogens with two attached hydrogens (primary N) is 1. The summed E-state index contributed by atoms with van der Waals surface area (Å²) in [6, 6.07) is 0. The van der Waals surface area contributed by atoms with Crippen LogP contribution >= 0.6 is 0 Å². The number of aromatic nitrogens is 4. The van der Waals surface area contributed by atoms with Crippen LogP contribution < -0.4 is 11.3 Å². The number of aromatic amines is 1. The molecular formula is C13H15N5O5. The lowest BCUT2D eigenvalue weighted by molar-refractivity contribution is -0.0846. The molecule has 1 saturated heterocycles. The Bertz CT molecular complexity index is 853. The van der Waals surface area contributed by atoms with Crippen molar-refractivity contribution in [2.45, 2.75) is 37.1 Å². The summed E-state index contributed by atoms with van der Waals surface area (Å²) < 4.78 is 6.71. The van der Waals surface area contributed by atoms with Gasteiger partial charge in [0.1, 0.15) is 12.2 Å². The van der Waals surface area contributed by atoms with E-state index in [0.717, 1.165) is 0 Å². The number of nitrogens with one attached hydrogen (secondary N) is 1. The van der Waals surface area contributed by atoms with Crippen molar-refractivity contribution in [1.82, 2.24) is 19.5 Å². The number of fused-ring (bicyclic) bond motifs is 1. The Hall–Kier alpha value is -2.45. The van der Waals surface area contributed by atoms with Gasteiger partial charge in [-0.2, -0.15) is 4.98 Å². The molecule has 1 aliphatic heterocycles. The van der Waals surface area contributed by atoms with Crippen LogP contribution in [0.25, 0.3) is 11.2 Å². The van der Waals surface area contributed by atoms with E-state index in [9.17, 15) is 20.1 Å². The largest absolute Gasteiger partial charge is 0.391 e. The van der Waals surface area contributed by atoms with Gasteiger partial charge in [0.15, 0.2) is 23.0 Å². The second kappa shape index (κ2) is 5.04. The molecule has 0 aromatic carbocycles. The number of aliphatic hydroxyl groups excluding tert-OH is 2. The van der Waals surface area contributed by atoms with Crippen molar-refractivity contribution in [3.05, 3.63) is 16.7 Å². The van der Waals surface area contributed by atoms with Crippen LogP contribution in [0.5, 0.6) is 0 Å². The number of hydrogen-bond donors (Lipinski definition) is 5. The number of imidazole rings is 1. The average molecular weight is 321 g/mol. The van der Waals surface area contributed by atoms with Crippen LogP contribution in [0.3, 0.4) is 0 Å². The Balaban J connectivity index is 2.18. The third kappa shape index (κ3) is 2.10. The van der Waals surface area contributed by atoms with Gasteiger partial charge in [-0.05, 0) is 6.92 Å². The minimum atomic E-state index is -2.14. The van der Waals surface area contributed by atoms with Crippen molar-refractivity contribution in [3.8, 4) is 12.3 Å². The Labute approximate surface area is 129 Å². The number of aliphatic hydroxyl groups is 3. The number of nitrogens with zero attached hydrogens (tertiary/aromatic N) is 3. The van der Waals surface area contributed by atoms with Crippen LogP contribution in [0.15, 0.2) is 11.1 Å². The molecule has 5 atom stereocenters. The van der Waals surface area contributed by atoms with E-state index in [4.69, 9.17) is 16.9 Å². The van der Waals surface area contributed by atoms with Gasteiger partial charge in [0.05, 0.1) is 12.4 Å². The van der Waals surface area contributed by atoms with Gasteiger partial charge < -0.3 is 25.8 Å². The molecular weight excluding hydrogens is 306 g/mol. The summed E-state index contributed by atoms with van der Waals surface area (Å²) in [5, 5.41) is 30.5. The van der Waals surface area contributed by atoms with Gasteiger partial charge in [-0.3, -0.25) is 14.3 Å². The number of anilines is 1. The quantitative estimate of drug-likeness (QED) is 0.386. The number of H-pyrrole nitrogens is 1. The highest BCUT2D eigenvalue weighted by atomic mass is 16.6. The van der Waals surface area contributed by atoms with E-state index in [2.05, 4.69) is 20.9 Å². The maximum Gasteiger partial charge on any atom is 0.280 e. The van der Waals surface area contributed by atoms with Crippen molar-refractivity contribution in [2.75, 3.05) is 5.73 Å². The van der Waals surface area contributed by atoms with Crippen LogP contribution in [0.2, 0.25) is 0 Å². The van der Waals surface area contributed by atoms with E-state index in [-0.39, 0.29) is 17.1 Å². The minimum Gasteiger partial charge on any atom is -0.391 e. The van der Waals surface area contributed by atoms with Gasteiger partial charge in [0.2, 0.25) is 5.95 Å². The van der Waals surface area contributed by atoms with Crippen LogP contribution in [0, 0.1) is 12.3 Å². The van der Waals surface area contributed by atoms with Crippen molar-refractivity contribution >= 4 is 17.1 Å². The normalized spacial score (nSPS) is 32.0. The predicted octanol–water partition coefficient (Wildman–Crippen LogP) is -2.29. The number of hydrogen-bond acceptors (Lipinski definition) is 8. The summed E-state index contributed by atoms with van der Waals surface area (Å²) in [6.07, 6.45) is 1.47. The van der Waals surface area contributed by atoms with Crippen LogP contribution in [-0.2, 0) is 4.74 Å². The first-order valence-corrected chi connectivity index (χ1v) is 6.73. The zero-order valence-electron chi connectivity index (χ0n) is 12.0. The molecule has 2 aromatic rings. The van der Waals surface area contributed by atoms with Crippen LogP contribution in [0.1, 0.15) is 13.2 Å². The first kappa shape index (κ1) is 15.4. The van der Waals surface area contributed by atoms with Gasteiger partial charge in [-0.1, -0.05) is 5.92 Å². The molecule has 1 unspecified atom stereocenters. The van der Waals surface area contributed by atoms with E-state index in [1.165, 1.54) is 17.8 Å². The Morgan fingerprint density at radius 1 is 1.65 bits per heavy atom. The maximum atomic E-state index is 11.8. The molecule has 10 heteroatoms. The number of nitrogen functional groups attached to an aromatic ring is 1. The molecule has 10 nitrogen and oxygen atoms in total. The topological polar surface area (TPSA) is 160 Å². The monoisotopic (exact) mass is 321 g/mol. The summed E-state index contributed by atoms with van der Waals surface area (Å²) in [5.74, 6) is 1.93. The molecule has 0 saturated carbocycles. The summed E-state index contributed by atoms with van der Waals surface area (Å²) in [7, 11) is 0. The molecule has 0 radical (unpaired) electrons. The Morgan fingerprint density at radius 3 is 2.96 bits per heavy atom. The average Bonchev–Trinajstić information content (AvgIpc) is 3.00. The molecule has 0 aliphatic carbocycles. The number of terminal acetylenes is 1. The van der Waals surface area contributed by atoms with Crippen LogP contribution in [0.4, 0.5) is 5.95 Å². The SMILES string of the molecule is C#CC1(O)[C@@H](O)[C@@H]([C@@H](C)O)O[C@H]1n1cnc2c(=O)[nH]c(N)nc21. The molecule has 2 aromatic heterocycles. The fourth-order valence-electron chi connectivity index (χ4n) is 2.65. The predicted molar refractivity (Wildman–Crippen MR) is 77.9 cm³/mol. The standard InChI is InChI=1S/C13H15N5O5/c1-3-13(22)8(20)7(5(2)19)23-11(13)18-4-15-6-9(18)16-12(14)17-10(6)21/h1,4-5,7-8,11,19-20,22H,2H3,(H3,14,16,17,21)/t5-,7-,8+,11-,13?/m1/s1. The fraction of sp³-hybridized carbons (Fsp3) is 0.462. The summed E-state index contributed by atoms with van der Waals surface area (Å²) in [6.45, 7) is 1.39. The number of ether oxygens (including phenoxy) is 1. The highest BCUT2D eigenvalue weighted by Gasteiger charge is 2.57. The van der Waals surface area contributed by atoms with E-state index in [0.29, 0.717) is 0 Å². The van der Waals surface area contributed by atoms with E-state index in [1.807, 2.05) is 0 Å². The van der Waals surface area contributed by atoms with Gasteiger partial charge in [0, 0.05) is 0 Å². The molecule has 0 amide bonds. The molecule has 6 N–H and O–H groups in total. The summed E-state index contributed by atoms with van der Waals surface area (Å²) in [4.78, 5) is 22.0. The lowest BCUT2D eigenvalue weighted by Gasteiger charge is -2.26. The molecule has 3 rings (SSSR count). The minimum absolute atomic E-state index is 0.0304. The molecule has 0 spiro atoms. The van der Waals surface area contributed by atoms with Gasteiger partial charge in [-0.25, -0.2) is 4.98 Å². The van der Waals surface area contributed by atoms with Gasteiger partial charge in [0.25, 0.3) is 5.56 Å². The van der Waals surface area contributed by atoms with Crippen molar-refractivity contribution in [3.63, 3.8) is 0 Å². The highest BCUT2D eigenvalue weighted by molar-refractivity contribution is 5.70. The lowest BCUT2D eigenvalue weighted by atomic mass is 9.93. The van der Waals surface area contributed by atoms with Crippen molar-refractivity contribution in [1.29, 1.82) is 0 Å². The molecule has 122 valence electrons. The van der Waals surface area contributed by atoms with Crippen LogP contribution in [-0.4, -0.2) is 58.8 Å². The molecule has 1 fully saturated rings. The first-order valence-electron chi connectivity index (χ1n) is 6.73. The Morgan fingerprint density at radius 2 is 2.35 bits per heavy atom. The van der Waals surface area contributed by atoms with Gasteiger partial charge in [-0.15, -0.1) is 6.42 Å². The summed E-state index contributed by atoms with van der Waals surface area (Å²) >= 11 is 0. The van der Waals surface area contributed by atoms with Crippen molar-refractivity contribution in [2.24, 2.45) is 0 Å². The summed E-state index contributed by atoms with van der Waals surface area (Å²) in [5.41, 5.74) is 2.80. The number of rotatable bonds is 2. The molecule has 1 aliphatic rings. The highest BCUT2D eigenvalue weighted by Crippen LogP contribution is 2.40. The zero-order chi connectivity index (χ0) is 16.9. The van der Waals surface area contributed by atoms with E-state index >= 15 is 0 Å². The smallest absolute Gasteiger partial charge is 0.280 e. The van der Waals surface area contributed by atoms with Crippen molar-refractivity contribution < 1.29 is 20.1 Å². The third-order valence-electron chi connectivity index (χ3n) is 3.83. The van der Waals surface area contributed by atoms with E-state index < -0.39 is 35.7 Å². The second-order valence-corrected chi connectivity index (χ2v) is 5.38. The first-order chi connectivity index (χ1) is 10.8. The fourth-order valence-corrected chi connectivity index (χ4v) is 2.65. The Kier molecular flexibility index (Phi) is 3.38. The van der Waals surface area contributed by atoms with E-state index in [1.54, 1.807) is 0 Å². The lowest BCUT2D eigenvalue weighted by Crippen LogP contribution is -2.47. The molecule has 23 heavy (non-hydrogen) atoms. The molecule has 3 heterocycles. The van der Waals surface area contributed by atoms with Gasteiger partial charge >= 0.3 is 0 Å². The zero-order valence-corrected chi connectivity index (χ0v) is 12.0. The molecule has 0 bridgehead atoms. The third-order valence-corrected chi connectivity index (χ3v) is 3.83.